The number of nitrogens with zero attached hydrogens (tertiary/aromatic N) is 2. The summed E-state index contributed by atoms with van der Waals surface area (Å²) in [7, 11) is 0. The quantitative estimate of drug-likeness (QED) is 0.287. The highest BCUT2D eigenvalue weighted by Gasteiger charge is 2.26. The highest BCUT2D eigenvalue weighted by Crippen LogP contribution is 2.27. The van der Waals surface area contributed by atoms with Crippen LogP contribution in [0.15, 0.2) is 60.2 Å². The van der Waals surface area contributed by atoms with Crippen LogP contribution < -0.4 is 16.8 Å². The minimum absolute atomic E-state index is 0.147. The Morgan fingerprint density at radius 1 is 1.21 bits per heavy atom. The van der Waals surface area contributed by atoms with Gasteiger partial charge in [-0.2, -0.15) is 0 Å². The number of amides is 1. The van der Waals surface area contributed by atoms with Crippen molar-refractivity contribution in [1.82, 2.24) is 10.3 Å². The van der Waals surface area contributed by atoms with Gasteiger partial charge in [0.05, 0.1) is 16.3 Å². The fraction of sp³-hybridized carbons (Fsp3) is 0.150. The van der Waals surface area contributed by atoms with E-state index >= 15 is 0 Å². The molecular formula is C20H21Cl2N5O. The smallest absolute Gasteiger partial charge is 0.248 e. The second-order valence-electron chi connectivity index (χ2n) is 6.46. The molecule has 1 amide bonds. The van der Waals surface area contributed by atoms with Gasteiger partial charge in [0.25, 0.3) is 0 Å². The lowest BCUT2D eigenvalue weighted by molar-refractivity contribution is 0.100. The molecule has 0 fully saturated rings. The number of nitrogens with one attached hydrogen (secondary N) is 1. The number of hydrogen-bond acceptors (Lipinski definition) is 3. The maximum absolute atomic E-state index is 11.4. The highest BCUT2D eigenvalue weighted by atomic mass is 35.5. The van der Waals surface area contributed by atoms with E-state index in [1.807, 2.05) is 19.9 Å². The van der Waals surface area contributed by atoms with Crippen molar-refractivity contribution in [1.29, 1.82) is 0 Å². The van der Waals surface area contributed by atoms with Crippen molar-refractivity contribution in [3.05, 3.63) is 82.2 Å². The number of hydrogen-bond donors (Lipinski definition) is 3. The number of rotatable bonds is 6. The first-order chi connectivity index (χ1) is 13.1. The number of halogens is 2. The number of guanidine groups is 1. The molecule has 0 aliphatic carbocycles. The molecule has 0 aliphatic heterocycles. The Balaban J connectivity index is 2.28. The van der Waals surface area contributed by atoms with Crippen molar-refractivity contribution in [3.8, 4) is 0 Å². The summed E-state index contributed by atoms with van der Waals surface area (Å²) in [6, 6.07) is 10.1. The molecule has 0 atom stereocenters. The number of pyridine rings is 1. The zero-order valence-corrected chi connectivity index (χ0v) is 17.1. The van der Waals surface area contributed by atoms with E-state index in [2.05, 4.69) is 21.9 Å². The van der Waals surface area contributed by atoms with Gasteiger partial charge in [-0.25, -0.2) is 9.98 Å². The van der Waals surface area contributed by atoms with Gasteiger partial charge in [-0.05, 0) is 49.2 Å². The van der Waals surface area contributed by atoms with E-state index in [1.165, 1.54) is 0 Å². The lowest BCUT2D eigenvalue weighted by Gasteiger charge is -2.27. The van der Waals surface area contributed by atoms with E-state index in [1.54, 1.807) is 42.6 Å². The number of allylic oxidation sites excluding steroid dienone is 2. The highest BCUT2D eigenvalue weighted by molar-refractivity contribution is 6.32. The Labute approximate surface area is 174 Å². The monoisotopic (exact) mass is 417 g/mol. The third kappa shape index (κ3) is 5.34. The lowest BCUT2D eigenvalue weighted by Crippen LogP contribution is -2.45. The molecule has 0 spiro atoms. The molecule has 2 aromatic rings. The Morgan fingerprint density at radius 2 is 1.89 bits per heavy atom. The summed E-state index contributed by atoms with van der Waals surface area (Å²) in [6.45, 7) is 7.49. The van der Waals surface area contributed by atoms with Crippen LogP contribution in [0.5, 0.6) is 0 Å². The fourth-order valence-electron chi connectivity index (χ4n) is 2.50. The minimum atomic E-state index is -0.719. The second-order valence-corrected chi connectivity index (χ2v) is 7.26. The number of carbonyl (C=O) groups excluding carboxylic acids is 1. The molecule has 0 unspecified atom stereocenters. The topological polar surface area (TPSA) is 106 Å². The van der Waals surface area contributed by atoms with Crippen LogP contribution in [0, 0.1) is 0 Å². The van der Waals surface area contributed by atoms with Crippen LogP contribution >= 0.6 is 23.2 Å². The van der Waals surface area contributed by atoms with Gasteiger partial charge >= 0.3 is 0 Å². The summed E-state index contributed by atoms with van der Waals surface area (Å²) >= 11 is 12.2. The molecule has 2 rings (SSSR count). The molecular weight excluding hydrogens is 397 g/mol. The van der Waals surface area contributed by atoms with Crippen molar-refractivity contribution < 1.29 is 4.79 Å². The predicted molar refractivity (Wildman–Crippen MR) is 115 cm³/mol. The molecule has 1 aromatic heterocycles. The first kappa shape index (κ1) is 21.5. The van der Waals surface area contributed by atoms with Gasteiger partial charge in [0.2, 0.25) is 5.91 Å². The maximum Gasteiger partial charge on any atom is 0.248 e. The van der Waals surface area contributed by atoms with E-state index in [9.17, 15) is 4.79 Å². The average molecular weight is 418 g/mol. The Hall–Kier alpha value is -2.83. The lowest BCUT2D eigenvalue weighted by atomic mass is 10.00. The van der Waals surface area contributed by atoms with Gasteiger partial charge in [-0.15, -0.1) is 0 Å². The second kappa shape index (κ2) is 8.91. The molecule has 1 aromatic carbocycles. The van der Waals surface area contributed by atoms with E-state index in [4.69, 9.17) is 34.7 Å². The number of carbonyl (C=O) groups is 1. The number of aliphatic imine (C=N–C) groups is 1. The van der Waals surface area contributed by atoms with Crippen molar-refractivity contribution in [3.63, 3.8) is 0 Å². The van der Waals surface area contributed by atoms with Gasteiger partial charge in [0.15, 0.2) is 5.96 Å². The molecule has 0 saturated carbocycles. The SMILES string of the molecule is C=C/C(=C\N=C(/N)NC(C)(C)c1nc(Cl)ccc1Cl)c1cccc(C(N)=O)c1. The summed E-state index contributed by atoms with van der Waals surface area (Å²) in [5.41, 5.74) is 13.0. The number of aromatic nitrogens is 1. The molecule has 0 radical (unpaired) electrons. The first-order valence-corrected chi connectivity index (χ1v) is 9.06. The fourth-order valence-corrected chi connectivity index (χ4v) is 2.99. The van der Waals surface area contributed by atoms with Gasteiger partial charge in [0, 0.05) is 11.8 Å². The summed E-state index contributed by atoms with van der Waals surface area (Å²) in [5, 5.41) is 3.86. The van der Waals surface area contributed by atoms with E-state index in [0.29, 0.717) is 27.0 Å². The Bertz CT molecular complexity index is 967. The van der Waals surface area contributed by atoms with Crippen LogP contribution in [-0.2, 0) is 5.54 Å². The summed E-state index contributed by atoms with van der Waals surface area (Å²) in [4.78, 5) is 19.9. The standard InChI is InChI=1S/C20H21Cl2N5O/c1-4-12(13-6-5-7-14(10-13)18(23)28)11-25-19(24)27-20(2,3)17-15(21)8-9-16(22)26-17/h4-11H,1H2,2-3H3,(H2,23,28)(H3,24,25,27)/b12-11+. The van der Waals surface area contributed by atoms with Gasteiger partial charge in [0.1, 0.15) is 5.15 Å². The first-order valence-electron chi connectivity index (χ1n) is 8.31. The van der Waals surface area contributed by atoms with Crippen LogP contribution in [0.3, 0.4) is 0 Å². The van der Waals surface area contributed by atoms with Gasteiger partial charge < -0.3 is 16.8 Å². The third-order valence-corrected chi connectivity index (χ3v) is 4.40. The largest absolute Gasteiger partial charge is 0.370 e. The van der Waals surface area contributed by atoms with Crippen LogP contribution in [0.2, 0.25) is 10.2 Å². The van der Waals surface area contributed by atoms with Crippen LogP contribution in [0.25, 0.3) is 5.57 Å². The normalized spacial score (nSPS) is 12.6. The van der Waals surface area contributed by atoms with Crippen molar-refractivity contribution >= 4 is 40.6 Å². The number of nitrogens with two attached hydrogens (primary N) is 2. The molecule has 0 saturated heterocycles. The zero-order valence-electron chi connectivity index (χ0n) is 15.5. The molecule has 0 bridgehead atoms. The predicted octanol–water partition coefficient (Wildman–Crippen LogP) is 3.85. The molecule has 5 N–H and O–H groups in total. The third-order valence-electron chi connectivity index (χ3n) is 3.89. The Morgan fingerprint density at radius 3 is 2.54 bits per heavy atom. The summed E-state index contributed by atoms with van der Waals surface area (Å²) in [5.74, 6) is -0.365. The average Bonchev–Trinajstić information content (AvgIpc) is 2.64. The molecule has 146 valence electrons. The number of benzene rings is 1. The zero-order chi connectivity index (χ0) is 20.9. The summed E-state index contributed by atoms with van der Waals surface area (Å²) < 4.78 is 0. The van der Waals surface area contributed by atoms with Crippen molar-refractivity contribution in [2.45, 2.75) is 19.4 Å². The van der Waals surface area contributed by atoms with Crippen LogP contribution in [0.4, 0.5) is 0 Å². The van der Waals surface area contributed by atoms with Gasteiger partial charge in [-0.1, -0.05) is 48.0 Å². The van der Waals surface area contributed by atoms with E-state index < -0.39 is 11.4 Å². The minimum Gasteiger partial charge on any atom is -0.370 e. The van der Waals surface area contributed by atoms with Crippen LogP contribution in [0.1, 0.15) is 35.5 Å². The van der Waals surface area contributed by atoms with E-state index in [0.717, 1.165) is 5.56 Å². The van der Waals surface area contributed by atoms with E-state index in [-0.39, 0.29) is 5.96 Å². The molecule has 0 aliphatic rings. The number of primary amides is 1. The molecule has 6 nitrogen and oxygen atoms in total. The molecule has 8 heteroatoms. The van der Waals surface area contributed by atoms with Crippen LogP contribution in [-0.4, -0.2) is 16.9 Å². The van der Waals surface area contributed by atoms with Gasteiger partial charge in [-0.3, -0.25) is 4.79 Å². The molecule has 28 heavy (non-hydrogen) atoms. The molecule has 1 heterocycles. The summed E-state index contributed by atoms with van der Waals surface area (Å²) in [6.07, 6.45) is 3.15. The maximum atomic E-state index is 11.4. The van der Waals surface area contributed by atoms with Crippen molar-refractivity contribution in [2.24, 2.45) is 16.5 Å². The van der Waals surface area contributed by atoms with Crippen molar-refractivity contribution in [2.75, 3.05) is 0 Å². The Kier molecular flexibility index (Phi) is 6.83.